The number of ether oxygens (including phenoxy) is 2. The van der Waals surface area contributed by atoms with E-state index in [0.717, 1.165) is 18.7 Å². The Morgan fingerprint density at radius 1 is 1.00 bits per heavy atom. The van der Waals surface area contributed by atoms with Gasteiger partial charge in [0.15, 0.2) is 11.5 Å². The Balaban J connectivity index is 1.30. The lowest BCUT2D eigenvalue weighted by atomic mass is 10.1. The summed E-state index contributed by atoms with van der Waals surface area (Å²) in [5.74, 6) is 0.108. The number of amides is 2. The molecule has 8 heteroatoms. The summed E-state index contributed by atoms with van der Waals surface area (Å²) < 4.78 is 10.6. The number of fused-ring (bicyclic) bond motifs is 1. The molecular formula is C22H27N3O4S. The number of rotatable bonds is 6. The maximum atomic E-state index is 12.4. The highest BCUT2D eigenvalue weighted by atomic mass is 32.1. The van der Waals surface area contributed by atoms with Crippen LogP contribution in [-0.4, -0.2) is 43.1 Å². The lowest BCUT2D eigenvalue weighted by molar-refractivity contribution is -0.139. The fourth-order valence-electron chi connectivity index (χ4n) is 3.91. The lowest BCUT2D eigenvalue weighted by Gasteiger charge is -2.30. The average molecular weight is 430 g/mol. The van der Waals surface area contributed by atoms with E-state index in [-0.39, 0.29) is 19.4 Å². The first-order valence-corrected chi connectivity index (χ1v) is 11.4. The summed E-state index contributed by atoms with van der Waals surface area (Å²) in [5, 5.41) is 9.69. The number of hydrogen-bond acceptors (Lipinski definition) is 6. The van der Waals surface area contributed by atoms with Gasteiger partial charge >= 0.3 is 11.8 Å². The maximum absolute atomic E-state index is 12.4. The topological polar surface area (TPSA) is 79.9 Å². The van der Waals surface area contributed by atoms with Crippen LogP contribution in [0, 0.1) is 0 Å². The van der Waals surface area contributed by atoms with Gasteiger partial charge in [0.1, 0.15) is 0 Å². The predicted molar refractivity (Wildman–Crippen MR) is 115 cm³/mol. The van der Waals surface area contributed by atoms with Gasteiger partial charge in [-0.2, -0.15) is 11.3 Å². The molecule has 160 valence electrons. The molecule has 2 aliphatic heterocycles. The highest BCUT2D eigenvalue weighted by Gasteiger charge is 2.24. The van der Waals surface area contributed by atoms with Gasteiger partial charge in [-0.25, -0.2) is 0 Å². The molecule has 1 aromatic carbocycles. The second-order valence-electron chi connectivity index (χ2n) is 7.60. The van der Waals surface area contributed by atoms with E-state index in [1.165, 1.54) is 31.2 Å². The summed E-state index contributed by atoms with van der Waals surface area (Å²) in [4.78, 5) is 27.1. The zero-order chi connectivity index (χ0) is 20.8. The van der Waals surface area contributed by atoms with Crippen molar-refractivity contribution < 1.29 is 19.1 Å². The molecule has 2 N–H and O–H groups in total. The molecule has 1 fully saturated rings. The van der Waals surface area contributed by atoms with Crippen molar-refractivity contribution in [3.63, 3.8) is 0 Å². The first-order valence-electron chi connectivity index (χ1n) is 10.4. The van der Waals surface area contributed by atoms with E-state index >= 15 is 0 Å². The van der Waals surface area contributed by atoms with Gasteiger partial charge in [-0.05, 0) is 66.0 Å². The molecule has 0 spiro atoms. The van der Waals surface area contributed by atoms with Crippen LogP contribution < -0.4 is 20.1 Å². The van der Waals surface area contributed by atoms with Gasteiger partial charge in [-0.15, -0.1) is 0 Å². The number of nitrogens with one attached hydrogen (secondary N) is 2. The van der Waals surface area contributed by atoms with Crippen molar-refractivity contribution in [1.29, 1.82) is 0 Å². The predicted octanol–water partition coefficient (Wildman–Crippen LogP) is 2.83. The monoisotopic (exact) mass is 429 g/mol. The molecule has 2 amide bonds. The van der Waals surface area contributed by atoms with Gasteiger partial charge < -0.3 is 20.1 Å². The standard InChI is InChI=1S/C22H27N3O4S/c26-21(23-12-16-5-6-19-20(11-16)29-15-28-19)22(27)24-13-18(17-7-10-30-14-17)25-8-3-1-2-4-9-25/h5-7,10-11,14,18H,1-4,8-9,12-13,15H2,(H,23,26)(H,24,27)/t18-/m1/s1. The highest BCUT2D eigenvalue weighted by molar-refractivity contribution is 7.08. The van der Waals surface area contributed by atoms with Crippen LogP contribution in [0.2, 0.25) is 0 Å². The molecule has 30 heavy (non-hydrogen) atoms. The lowest BCUT2D eigenvalue weighted by Crippen LogP contribution is -2.44. The minimum absolute atomic E-state index is 0.0972. The molecule has 0 saturated carbocycles. The SMILES string of the molecule is O=C(NCc1ccc2c(c1)OCO2)C(=O)NC[C@H](c1ccsc1)N1CCCCCC1. The molecule has 0 radical (unpaired) electrons. The second-order valence-corrected chi connectivity index (χ2v) is 8.38. The van der Waals surface area contributed by atoms with Gasteiger partial charge in [-0.1, -0.05) is 18.9 Å². The molecule has 0 bridgehead atoms. The van der Waals surface area contributed by atoms with Crippen LogP contribution in [0.3, 0.4) is 0 Å². The molecule has 2 aromatic rings. The molecule has 4 rings (SSSR count). The first-order chi connectivity index (χ1) is 14.7. The largest absolute Gasteiger partial charge is 0.454 e. The number of likely N-dealkylation sites (tertiary alicyclic amines) is 1. The van der Waals surface area contributed by atoms with Gasteiger partial charge in [0, 0.05) is 13.1 Å². The molecule has 2 aliphatic rings. The Kier molecular flexibility index (Phi) is 6.86. The maximum Gasteiger partial charge on any atom is 0.309 e. The van der Waals surface area contributed by atoms with Gasteiger partial charge in [0.2, 0.25) is 6.79 Å². The quantitative estimate of drug-likeness (QED) is 0.691. The fourth-order valence-corrected chi connectivity index (χ4v) is 4.62. The molecule has 0 aliphatic carbocycles. The number of nitrogens with zero attached hydrogens (tertiary/aromatic N) is 1. The van der Waals surface area contributed by atoms with Crippen LogP contribution in [0.4, 0.5) is 0 Å². The summed E-state index contributed by atoms with van der Waals surface area (Å²) in [6, 6.07) is 7.66. The van der Waals surface area contributed by atoms with Gasteiger partial charge in [0.25, 0.3) is 0 Å². The van der Waals surface area contributed by atoms with Crippen LogP contribution in [0.5, 0.6) is 11.5 Å². The molecule has 3 heterocycles. The number of benzene rings is 1. The van der Waals surface area contributed by atoms with Crippen LogP contribution in [0.15, 0.2) is 35.0 Å². The summed E-state index contributed by atoms with van der Waals surface area (Å²) in [7, 11) is 0. The van der Waals surface area contributed by atoms with E-state index in [9.17, 15) is 9.59 Å². The third-order valence-corrected chi connectivity index (χ3v) is 6.26. The second kappa shape index (κ2) is 9.95. The zero-order valence-corrected chi connectivity index (χ0v) is 17.7. The minimum Gasteiger partial charge on any atom is -0.454 e. The van der Waals surface area contributed by atoms with Crippen molar-refractivity contribution in [2.75, 3.05) is 26.4 Å². The Morgan fingerprint density at radius 2 is 1.77 bits per heavy atom. The molecule has 1 aromatic heterocycles. The van der Waals surface area contributed by atoms with Crippen LogP contribution in [-0.2, 0) is 16.1 Å². The fraction of sp³-hybridized carbons (Fsp3) is 0.455. The molecule has 1 saturated heterocycles. The number of carbonyl (C=O) groups is 2. The van der Waals surface area contributed by atoms with Gasteiger partial charge in [-0.3, -0.25) is 14.5 Å². The van der Waals surface area contributed by atoms with E-state index in [1.54, 1.807) is 17.4 Å². The van der Waals surface area contributed by atoms with Crippen molar-refractivity contribution in [1.82, 2.24) is 15.5 Å². The summed E-state index contributed by atoms with van der Waals surface area (Å²) in [6.45, 7) is 2.92. The number of thiophene rings is 1. The zero-order valence-electron chi connectivity index (χ0n) is 16.9. The van der Waals surface area contributed by atoms with Crippen LogP contribution in [0.25, 0.3) is 0 Å². The van der Waals surface area contributed by atoms with Gasteiger partial charge in [0.05, 0.1) is 6.04 Å². The van der Waals surface area contributed by atoms with E-state index < -0.39 is 11.8 Å². The molecule has 7 nitrogen and oxygen atoms in total. The third-order valence-electron chi connectivity index (χ3n) is 5.56. The minimum atomic E-state index is -0.632. The van der Waals surface area contributed by atoms with E-state index in [4.69, 9.17) is 9.47 Å². The summed E-state index contributed by atoms with van der Waals surface area (Å²) >= 11 is 1.65. The van der Waals surface area contributed by atoms with Crippen molar-refractivity contribution in [2.24, 2.45) is 0 Å². The van der Waals surface area contributed by atoms with Crippen molar-refractivity contribution in [2.45, 2.75) is 38.3 Å². The van der Waals surface area contributed by atoms with E-state index in [0.29, 0.717) is 18.0 Å². The van der Waals surface area contributed by atoms with Crippen molar-refractivity contribution in [3.8, 4) is 11.5 Å². The van der Waals surface area contributed by atoms with Crippen molar-refractivity contribution >= 4 is 23.2 Å². The molecular weight excluding hydrogens is 402 g/mol. The van der Waals surface area contributed by atoms with Crippen LogP contribution >= 0.6 is 11.3 Å². The summed E-state index contributed by atoms with van der Waals surface area (Å²) in [6.07, 6.45) is 4.85. The van der Waals surface area contributed by atoms with Crippen LogP contribution in [0.1, 0.15) is 42.9 Å². The third kappa shape index (κ3) is 5.12. The highest BCUT2D eigenvalue weighted by Crippen LogP contribution is 2.32. The van der Waals surface area contributed by atoms with E-state index in [2.05, 4.69) is 32.4 Å². The summed E-state index contributed by atoms with van der Waals surface area (Å²) in [5.41, 5.74) is 2.05. The number of carbonyl (C=O) groups excluding carboxylic acids is 2. The van der Waals surface area contributed by atoms with Crippen molar-refractivity contribution in [3.05, 3.63) is 46.2 Å². The Hall–Kier alpha value is -2.58. The Labute approximate surface area is 180 Å². The average Bonchev–Trinajstić information content (AvgIpc) is 3.39. The first kappa shape index (κ1) is 20.7. The Morgan fingerprint density at radius 3 is 2.53 bits per heavy atom. The molecule has 1 atom stereocenters. The Bertz CT molecular complexity index is 863. The number of hydrogen-bond donors (Lipinski definition) is 2. The normalized spacial score (nSPS) is 17.2. The van der Waals surface area contributed by atoms with E-state index in [1.807, 2.05) is 12.1 Å². The smallest absolute Gasteiger partial charge is 0.309 e. The molecule has 0 unspecified atom stereocenters.